The van der Waals surface area contributed by atoms with E-state index in [2.05, 4.69) is 5.10 Å². The molecular weight excluding hydrogens is 422 g/mol. The molecule has 1 aromatic heterocycles. The minimum atomic E-state index is -0.608. The van der Waals surface area contributed by atoms with Crippen LogP contribution in [0.1, 0.15) is 40.2 Å². The maximum atomic E-state index is 13.2. The van der Waals surface area contributed by atoms with Crippen LogP contribution in [0.2, 0.25) is 10.0 Å². The first-order valence-corrected chi connectivity index (χ1v) is 9.81. The van der Waals surface area contributed by atoms with Crippen LogP contribution in [0, 0.1) is 5.82 Å². The first-order chi connectivity index (χ1) is 13.4. The highest BCUT2D eigenvalue weighted by Gasteiger charge is 2.28. The Labute approximate surface area is 176 Å². The van der Waals surface area contributed by atoms with Gasteiger partial charge in [0, 0.05) is 10.6 Å². The summed E-state index contributed by atoms with van der Waals surface area (Å²) >= 11 is 18.2. The van der Waals surface area contributed by atoms with E-state index in [9.17, 15) is 9.18 Å². The van der Waals surface area contributed by atoms with E-state index in [1.54, 1.807) is 35.0 Å². The van der Waals surface area contributed by atoms with Crippen LogP contribution in [-0.4, -0.2) is 15.0 Å². The molecule has 7 heteroatoms. The molecule has 0 fully saturated rings. The number of halogens is 4. The summed E-state index contributed by atoms with van der Waals surface area (Å²) in [5.41, 5.74) is 4.27. The summed E-state index contributed by atoms with van der Waals surface area (Å²) < 4.78 is 14.9. The number of hydrogen-bond donors (Lipinski definition) is 0. The van der Waals surface area contributed by atoms with E-state index in [0.717, 1.165) is 35.2 Å². The van der Waals surface area contributed by atoms with Gasteiger partial charge in [0.05, 0.1) is 16.4 Å². The topological polar surface area (TPSA) is 34.9 Å². The molecule has 1 heterocycles. The summed E-state index contributed by atoms with van der Waals surface area (Å²) in [6.45, 7) is 0. The lowest BCUT2D eigenvalue weighted by atomic mass is 9.90. The van der Waals surface area contributed by atoms with Crippen molar-refractivity contribution in [1.29, 1.82) is 0 Å². The summed E-state index contributed by atoms with van der Waals surface area (Å²) in [5.74, 6) is -0.292. The third-order valence-electron chi connectivity index (χ3n) is 4.70. The average Bonchev–Trinajstić information content (AvgIpc) is 3.04. The molecule has 142 valence electrons. The molecule has 0 N–H and O–H groups in total. The van der Waals surface area contributed by atoms with Crippen LogP contribution in [0.3, 0.4) is 0 Å². The van der Waals surface area contributed by atoms with Gasteiger partial charge in [0.15, 0.2) is 0 Å². The van der Waals surface area contributed by atoms with Crippen molar-refractivity contribution >= 4 is 51.7 Å². The van der Waals surface area contributed by atoms with E-state index in [1.165, 1.54) is 12.1 Å². The Bertz CT molecular complexity index is 1100. The fourth-order valence-electron chi connectivity index (χ4n) is 3.48. The zero-order valence-corrected chi connectivity index (χ0v) is 16.8. The first kappa shape index (κ1) is 19.2. The number of carbonyl (C=O) groups is 1. The van der Waals surface area contributed by atoms with Gasteiger partial charge in [-0.2, -0.15) is 5.10 Å². The lowest BCUT2D eigenvalue weighted by molar-refractivity contribution is 0.107. The zero-order valence-electron chi connectivity index (χ0n) is 14.6. The van der Waals surface area contributed by atoms with Gasteiger partial charge in [-0.05, 0) is 78.4 Å². The van der Waals surface area contributed by atoms with E-state index in [4.69, 9.17) is 34.8 Å². The van der Waals surface area contributed by atoms with Gasteiger partial charge < -0.3 is 0 Å². The SMILES string of the molecule is O=C(Cl)c1nn(-c2ccc(Cl)cc2Cl)c2c1CCC/C2=C/c1ccc(F)cc1. The maximum Gasteiger partial charge on any atom is 0.273 e. The van der Waals surface area contributed by atoms with Crippen LogP contribution in [0.25, 0.3) is 17.3 Å². The zero-order chi connectivity index (χ0) is 19.8. The summed E-state index contributed by atoms with van der Waals surface area (Å²) in [5, 5.41) is 4.78. The predicted molar refractivity (Wildman–Crippen MR) is 111 cm³/mol. The highest BCUT2D eigenvalue weighted by atomic mass is 35.5. The van der Waals surface area contributed by atoms with Gasteiger partial charge in [0.2, 0.25) is 0 Å². The number of fused-ring (bicyclic) bond motifs is 1. The molecule has 3 aromatic rings. The second kappa shape index (κ2) is 7.70. The molecule has 3 nitrogen and oxygen atoms in total. The monoisotopic (exact) mass is 434 g/mol. The van der Waals surface area contributed by atoms with Crippen LogP contribution in [-0.2, 0) is 6.42 Å². The average molecular weight is 436 g/mol. The Morgan fingerprint density at radius 2 is 1.86 bits per heavy atom. The van der Waals surface area contributed by atoms with Gasteiger partial charge >= 0.3 is 0 Å². The minimum absolute atomic E-state index is 0.229. The number of rotatable bonds is 3. The van der Waals surface area contributed by atoms with Crippen LogP contribution < -0.4 is 0 Å². The van der Waals surface area contributed by atoms with Crippen molar-refractivity contribution in [2.75, 3.05) is 0 Å². The van der Waals surface area contributed by atoms with Crippen LogP contribution in [0.5, 0.6) is 0 Å². The number of benzene rings is 2. The summed E-state index contributed by atoms with van der Waals surface area (Å²) in [6.07, 6.45) is 4.31. The molecule has 1 aliphatic carbocycles. The van der Waals surface area contributed by atoms with Crippen LogP contribution in [0.4, 0.5) is 4.39 Å². The van der Waals surface area contributed by atoms with Crippen molar-refractivity contribution in [3.63, 3.8) is 0 Å². The highest BCUT2D eigenvalue weighted by molar-refractivity contribution is 6.67. The van der Waals surface area contributed by atoms with Crippen molar-refractivity contribution in [1.82, 2.24) is 9.78 Å². The smallest absolute Gasteiger partial charge is 0.273 e. The summed E-state index contributed by atoms with van der Waals surface area (Å²) in [6, 6.07) is 11.3. The molecule has 0 aliphatic heterocycles. The molecule has 0 saturated heterocycles. The molecule has 0 unspecified atom stereocenters. The number of nitrogens with zero attached hydrogens (tertiary/aromatic N) is 2. The fourth-order valence-corrected chi connectivity index (χ4v) is 4.12. The lowest BCUT2D eigenvalue weighted by Crippen LogP contribution is -2.08. The molecule has 0 atom stereocenters. The Hall–Kier alpha value is -2.14. The Morgan fingerprint density at radius 3 is 2.54 bits per heavy atom. The third-order valence-corrected chi connectivity index (χ3v) is 5.41. The third kappa shape index (κ3) is 3.60. The van der Waals surface area contributed by atoms with Crippen molar-refractivity contribution in [2.45, 2.75) is 19.3 Å². The summed E-state index contributed by atoms with van der Waals surface area (Å²) in [7, 11) is 0. The fraction of sp³-hybridized carbons (Fsp3) is 0.143. The normalized spacial score (nSPS) is 14.9. The molecule has 0 bridgehead atoms. The number of aromatic nitrogens is 2. The summed E-state index contributed by atoms with van der Waals surface area (Å²) in [4.78, 5) is 12.0. The number of carbonyl (C=O) groups excluding carboxylic acids is 1. The molecule has 2 aromatic carbocycles. The van der Waals surface area contributed by atoms with Gasteiger partial charge in [-0.1, -0.05) is 35.3 Å². The molecular formula is C21H14Cl3FN2O. The van der Waals surface area contributed by atoms with Gasteiger partial charge in [-0.25, -0.2) is 9.07 Å². The molecule has 0 spiro atoms. The van der Waals surface area contributed by atoms with E-state index < -0.39 is 5.24 Å². The highest BCUT2D eigenvalue weighted by Crippen LogP contribution is 2.38. The van der Waals surface area contributed by atoms with Crippen molar-refractivity contribution in [3.8, 4) is 5.69 Å². The van der Waals surface area contributed by atoms with E-state index in [0.29, 0.717) is 22.2 Å². The van der Waals surface area contributed by atoms with Gasteiger partial charge in [0.25, 0.3) is 5.24 Å². The van der Waals surface area contributed by atoms with E-state index in [1.807, 2.05) is 6.08 Å². The van der Waals surface area contributed by atoms with E-state index in [-0.39, 0.29) is 11.5 Å². The Morgan fingerprint density at radius 1 is 1.11 bits per heavy atom. The second-order valence-corrected chi connectivity index (χ2v) is 7.72. The minimum Gasteiger partial charge on any atom is -0.274 e. The largest absolute Gasteiger partial charge is 0.274 e. The Balaban J connectivity index is 1.94. The van der Waals surface area contributed by atoms with Crippen LogP contribution >= 0.6 is 34.8 Å². The quantitative estimate of drug-likeness (QED) is 0.436. The predicted octanol–water partition coefficient (Wildman–Crippen LogP) is 6.57. The van der Waals surface area contributed by atoms with Crippen molar-refractivity contribution in [2.24, 2.45) is 0 Å². The molecule has 0 amide bonds. The Kier molecular flexibility index (Phi) is 5.28. The standard InChI is InChI=1S/C21H14Cl3FN2O/c22-14-6-9-18(17(23)11-14)27-20-13(10-12-4-7-15(25)8-5-12)2-1-3-16(20)19(26-27)21(24)28/h4-11H,1-3H2/b13-10-. The van der Waals surface area contributed by atoms with E-state index >= 15 is 0 Å². The number of allylic oxidation sites excluding steroid dienone is 1. The maximum absolute atomic E-state index is 13.2. The lowest BCUT2D eigenvalue weighted by Gasteiger charge is -2.19. The van der Waals surface area contributed by atoms with Crippen molar-refractivity contribution < 1.29 is 9.18 Å². The second-order valence-electron chi connectivity index (χ2n) is 6.53. The molecule has 0 saturated carbocycles. The van der Waals surface area contributed by atoms with Crippen LogP contribution in [0.15, 0.2) is 42.5 Å². The molecule has 4 rings (SSSR count). The molecule has 28 heavy (non-hydrogen) atoms. The van der Waals surface area contributed by atoms with Gasteiger partial charge in [-0.3, -0.25) is 4.79 Å². The molecule has 0 radical (unpaired) electrons. The first-order valence-electron chi connectivity index (χ1n) is 8.67. The van der Waals surface area contributed by atoms with Gasteiger partial charge in [-0.15, -0.1) is 0 Å². The van der Waals surface area contributed by atoms with Gasteiger partial charge in [0.1, 0.15) is 11.5 Å². The molecule has 1 aliphatic rings. The number of hydrogen-bond acceptors (Lipinski definition) is 2. The van der Waals surface area contributed by atoms with Crippen molar-refractivity contribution in [3.05, 3.63) is 80.8 Å².